The molecule has 0 saturated heterocycles. The molecular weight excluding hydrogens is 202 g/mol. The minimum Gasteiger partial charge on any atom is -0.308 e. The molecule has 70 valence electrons. The maximum Gasteiger partial charge on any atom is 0.0931 e. The summed E-state index contributed by atoms with van der Waals surface area (Å²) in [4.78, 5) is 1.32. The fraction of sp³-hybridized carbons (Fsp3) is 0.400. The van der Waals surface area contributed by atoms with Crippen molar-refractivity contribution in [2.45, 2.75) is 25.4 Å². The topological polar surface area (TPSA) is 12.0 Å². The van der Waals surface area contributed by atoms with Gasteiger partial charge in [-0.05, 0) is 25.0 Å². The van der Waals surface area contributed by atoms with Gasteiger partial charge in [-0.25, -0.2) is 0 Å². The number of nitrogens with one attached hydrogen (secondary N) is 1. The normalized spacial score (nSPS) is 17.0. The maximum atomic E-state index is 5.83. The lowest BCUT2D eigenvalue weighted by Crippen LogP contribution is -2.25. The number of rotatable bonds is 3. The summed E-state index contributed by atoms with van der Waals surface area (Å²) in [5.74, 6) is 0. The second-order valence-corrected chi connectivity index (χ2v) is 5.03. The molecule has 0 aromatic carbocycles. The Hall–Kier alpha value is -0.310. The predicted octanol–water partition coefficient (Wildman–Crippen LogP) is 3.21. The molecule has 2 rings (SSSR count). The van der Waals surface area contributed by atoms with Gasteiger partial charge in [0.05, 0.1) is 4.34 Å². The molecule has 13 heavy (non-hydrogen) atoms. The molecule has 0 radical (unpaired) electrons. The summed E-state index contributed by atoms with van der Waals surface area (Å²) < 4.78 is 0.876. The minimum absolute atomic E-state index is 0.640. The van der Waals surface area contributed by atoms with Crippen LogP contribution in [0.3, 0.4) is 0 Å². The van der Waals surface area contributed by atoms with Crippen molar-refractivity contribution in [1.29, 1.82) is 0 Å². The van der Waals surface area contributed by atoms with Crippen LogP contribution < -0.4 is 5.32 Å². The van der Waals surface area contributed by atoms with Crippen LogP contribution in [0.15, 0.2) is 24.3 Å². The molecule has 0 atom stereocenters. The first-order valence-electron chi connectivity index (χ1n) is 4.47. The second kappa shape index (κ2) is 4.27. The molecule has 1 N–H and O–H groups in total. The van der Waals surface area contributed by atoms with Crippen molar-refractivity contribution in [3.05, 3.63) is 33.5 Å². The first-order valence-corrected chi connectivity index (χ1v) is 5.66. The third-order valence-corrected chi connectivity index (χ3v) is 3.43. The summed E-state index contributed by atoms with van der Waals surface area (Å²) in [6.07, 6.45) is 6.80. The molecule has 1 aromatic rings. The number of thiophene rings is 1. The van der Waals surface area contributed by atoms with Crippen molar-refractivity contribution in [2.24, 2.45) is 0 Å². The van der Waals surface area contributed by atoms with Crippen molar-refractivity contribution in [1.82, 2.24) is 5.32 Å². The van der Waals surface area contributed by atoms with E-state index in [1.807, 2.05) is 6.07 Å². The molecule has 1 heterocycles. The molecule has 1 aromatic heterocycles. The van der Waals surface area contributed by atoms with Crippen LogP contribution in [0.2, 0.25) is 4.34 Å². The highest BCUT2D eigenvalue weighted by Gasteiger charge is 2.09. The predicted molar refractivity (Wildman–Crippen MR) is 58.3 cm³/mol. The van der Waals surface area contributed by atoms with E-state index < -0.39 is 0 Å². The van der Waals surface area contributed by atoms with Crippen LogP contribution in [0, 0.1) is 0 Å². The molecule has 0 aliphatic heterocycles. The highest BCUT2D eigenvalue weighted by molar-refractivity contribution is 7.16. The Balaban J connectivity index is 1.79. The van der Waals surface area contributed by atoms with Crippen molar-refractivity contribution in [3.63, 3.8) is 0 Å². The van der Waals surface area contributed by atoms with Gasteiger partial charge in [0, 0.05) is 17.5 Å². The fourth-order valence-corrected chi connectivity index (χ4v) is 2.51. The fourth-order valence-electron chi connectivity index (χ4n) is 1.48. The van der Waals surface area contributed by atoms with Crippen LogP contribution in [0.5, 0.6) is 0 Å². The largest absolute Gasteiger partial charge is 0.308 e. The highest BCUT2D eigenvalue weighted by atomic mass is 35.5. The Morgan fingerprint density at radius 2 is 2.15 bits per heavy atom. The number of halogens is 1. The van der Waals surface area contributed by atoms with Crippen LogP contribution in [0.25, 0.3) is 0 Å². The summed E-state index contributed by atoms with van der Waals surface area (Å²) >= 11 is 7.49. The molecule has 0 unspecified atom stereocenters. The average Bonchev–Trinajstić information content (AvgIpc) is 2.71. The quantitative estimate of drug-likeness (QED) is 0.761. The lowest BCUT2D eigenvalue weighted by molar-refractivity contribution is 0.542. The van der Waals surface area contributed by atoms with Crippen molar-refractivity contribution in [3.8, 4) is 0 Å². The summed E-state index contributed by atoms with van der Waals surface area (Å²) in [6.45, 7) is 0.948. The van der Waals surface area contributed by atoms with Crippen LogP contribution >= 0.6 is 22.9 Å². The monoisotopic (exact) mass is 213 g/mol. The lowest BCUT2D eigenvalue weighted by Gasteiger charge is -2.09. The first-order chi connectivity index (χ1) is 6.34. The van der Waals surface area contributed by atoms with Crippen molar-refractivity contribution in [2.75, 3.05) is 0 Å². The molecule has 1 nitrogen and oxygen atoms in total. The van der Waals surface area contributed by atoms with E-state index in [1.54, 1.807) is 11.3 Å². The van der Waals surface area contributed by atoms with E-state index >= 15 is 0 Å². The number of hydrogen-bond acceptors (Lipinski definition) is 2. The van der Waals surface area contributed by atoms with E-state index in [2.05, 4.69) is 23.5 Å². The molecular formula is C10H12ClNS. The second-order valence-electron chi connectivity index (χ2n) is 3.23. The lowest BCUT2D eigenvalue weighted by atomic mass is 10.2. The van der Waals surface area contributed by atoms with Gasteiger partial charge in [-0.15, -0.1) is 11.3 Å². The summed E-state index contributed by atoms with van der Waals surface area (Å²) in [6, 6.07) is 4.68. The zero-order valence-electron chi connectivity index (χ0n) is 7.29. The third-order valence-electron chi connectivity index (χ3n) is 2.20. The van der Waals surface area contributed by atoms with Gasteiger partial charge in [-0.3, -0.25) is 0 Å². The van der Waals surface area contributed by atoms with Crippen LogP contribution in [-0.4, -0.2) is 6.04 Å². The van der Waals surface area contributed by atoms with E-state index in [0.29, 0.717) is 6.04 Å². The Morgan fingerprint density at radius 1 is 1.38 bits per heavy atom. The Labute approximate surface area is 87.4 Å². The summed E-state index contributed by atoms with van der Waals surface area (Å²) in [5.41, 5.74) is 0. The van der Waals surface area contributed by atoms with Gasteiger partial charge >= 0.3 is 0 Å². The van der Waals surface area contributed by atoms with E-state index in [4.69, 9.17) is 11.6 Å². The molecule has 3 heteroatoms. The van der Waals surface area contributed by atoms with Gasteiger partial charge in [-0.2, -0.15) is 0 Å². The van der Waals surface area contributed by atoms with Crippen molar-refractivity contribution < 1.29 is 0 Å². The molecule has 1 aliphatic carbocycles. The smallest absolute Gasteiger partial charge is 0.0931 e. The van der Waals surface area contributed by atoms with E-state index in [9.17, 15) is 0 Å². The highest BCUT2D eigenvalue weighted by Crippen LogP contribution is 2.21. The third kappa shape index (κ3) is 2.56. The number of hydrogen-bond donors (Lipinski definition) is 1. The zero-order chi connectivity index (χ0) is 9.10. The summed E-state index contributed by atoms with van der Waals surface area (Å²) in [5, 5.41) is 3.50. The zero-order valence-corrected chi connectivity index (χ0v) is 8.87. The molecule has 0 saturated carbocycles. The SMILES string of the molecule is Clc1ccc(CNC2CC=CC2)s1. The maximum absolute atomic E-state index is 5.83. The Kier molecular flexibility index (Phi) is 3.04. The average molecular weight is 214 g/mol. The van der Waals surface area contributed by atoms with Gasteiger partial charge in [0.2, 0.25) is 0 Å². The van der Waals surface area contributed by atoms with E-state index in [-0.39, 0.29) is 0 Å². The van der Waals surface area contributed by atoms with Crippen LogP contribution in [0.4, 0.5) is 0 Å². The van der Waals surface area contributed by atoms with Gasteiger partial charge in [0.15, 0.2) is 0 Å². The molecule has 1 aliphatic rings. The summed E-state index contributed by atoms with van der Waals surface area (Å²) in [7, 11) is 0. The van der Waals surface area contributed by atoms with Crippen LogP contribution in [-0.2, 0) is 6.54 Å². The standard InChI is InChI=1S/C10H12ClNS/c11-10-6-5-9(13-10)7-12-8-3-1-2-4-8/h1-2,5-6,8,12H,3-4,7H2. The van der Waals surface area contributed by atoms with Crippen molar-refractivity contribution >= 4 is 22.9 Å². The van der Waals surface area contributed by atoms with Gasteiger partial charge in [-0.1, -0.05) is 23.8 Å². The minimum atomic E-state index is 0.640. The van der Waals surface area contributed by atoms with Gasteiger partial charge < -0.3 is 5.32 Å². The van der Waals surface area contributed by atoms with E-state index in [1.165, 1.54) is 17.7 Å². The first kappa shape index (κ1) is 9.25. The van der Waals surface area contributed by atoms with E-state index in [0.717, 1.165) is 10.9 Å². The molecule has 0 fully saturated rings. The van der Waals surface area contributed by atoms with Gasteiger partial charge in [0.25, 0.3) is 0 Å². The Morgan fingerprint density at radius 3 is 2.77 bits per heavy atom. The van der Waals surface area contributed by atoms with Gasteiger partial charge in [0.1, 0.15) is 0 Å². The molecule has 0 spiro atoms. The Bertz CT molecular complexity index is 298. The molecule has 0 bridgehead atoms. The molecule has 0 amide bonds. The van der Waals surface area contributed by atoms with Crippen LogP contribution in [0.1, 0.15) is 17.7 Å².